The Hall–Kier alpha value is -4.48. The molecule has 0 aliphatic carbocycles. The summed E-state index contributed by atoms with van der Waals surface area (Å²) < 4.78 is 7.40. The fourth-order valence-corrected chi connectivity index (χ4v) is 5.67. The number of piperazine rings is 1. The van der Waals surface area contributed by atoms with E-state index in [0.717, 1.165) is 66.7 Å². The van der Waals surface area contributed by atoms with E-state index in [1.54, 1.807) is 13.3 Å². The third kappa shape index (κ3) is 8.02. The number of anilines is 3. The van der Waals surface area contributed by atoms with Gasteiger partial charge in [-0.15, -0.1) is 0 Å². The van der Waals surface area contributed by atoms with Crippen LogP contribution in [0.4, 0.5) is 22.0 Å². The van der Waals surface area contributed by atoms with Gasteiger partial charge in [0, 0.05) is 93.5 Å². The lowest BCUT2D eigenvalue weighted by Crippen LogP contribution is -2.43. The summed E-state index contributed by atoms with van der Waals surface area (Å²) in [7, 11) is 3.85. The summed E-state index contributed by atoms with van der Waals surface area (Å²) in [5.41, 5.74) is 6.09. The molecule has 6 rings (SSSR count). The van der Waals surface area contributed by atoms with E-state index in [1.165, 1.54) is 5.56 Å². The van der Waals surface area contributed by atoms with E-state index in [-0.39, 0.29) is 6.03 Å². The van der Waals surface area contributed by atoms with Gasteiger partial charge in [0.2, 0.25) is 0 Å². The SMILES string of the molecule is COCCN(Cc1ccc(Cl)cc1)c1nc(-c2cccc(NC(=O)Nc3ccc(CN4CCN(C)CC4)cc3)c2)cn2ccnc12. The van der Waals surface area contributed by atoms with Crippen molar-refractivity contribution in [2.45, 2.75) is 13.1 Å². The average Bonchev–Trinajstić information content (AvgIpc) is 3.55. The Morgan fingerprint density at radius 2 is 1.70 bits per heavy atom. The van der Waals surface area contributed by atoms with Crippen molar-refractivity contribution in [1.82, 2.24) is 24.2 Å². The van der Waals surface area contributed by atoms with E-state index in [0.29, 0.717) is 30.4 Å². The molecule has 2 aromatic heterocycles. The number of rotatable bonds is 11. The second kappa shape index (κ2) is 14.7. The number of hydrogen-bond donors (Lipinski definition) is 2. The monoisotopic (exact) mass is 638 g/mol. The smallest absolute Gasteiger partial charge is 0.323 e. The molecule has 0 atom stereocenters. The maximum atomic E-state index is 13.0. The number of amides is 2. The molecule has 0 spiro atoms. The number of carbonyl (C=O) groups is 1. The van der Waals surface area contributed by atoms with Crippen LogP contribution in [0.2, 0.25) is 5.02 Å². The molecular weight excluding hydrogens is 600 g/mol. The maximum absolute atomic E-state index is 13.0. The number of benzene rings is 3. The molecule has 46 heavy (non-hydrogen) atoms. The molecule has 238 valence electrons. The van der Waals surface area contributed by atoms with Crippen LogP contribution in [0.5, 0.6) is 0 Å². The van der Waals surface area contributed by atoms with E-state index in [4.69, 9.17) is 21.3 Å². The molecule has 0 radical (unpaired) electrons. The number of carbonyl (C=O) groups excluding carboxylic acids is 1. The van der Waals surface area contributed by atoms with Crippen LogP contribution in [0.1, 0.15) is 11.1 Å². The molecule has 1 aliphatic heterocycles. The number of halogens is 1. The first-order chi connectivity index (χ1) is 22.4. The number of likely N-dealkylation sites (N-methyl/N-ethyl adjacent to an activating group) is 1. The van der Waals surface area contributed by atoms with Gasteiger partial charge in [0.1, 0.15) is 0 Å². The van der Waals surface area contributed by atoms with Crippen LogP contribution >= 0.6 is 11.6 Å². The number of fused-ring (bicyclic) bond motifs is 1. The maximum Gasteiger partial charge on any atom is 0.323 e. The standard InChI is InChI=1S/C35H39ClN8O2/c1-41-16-18-42(19-17-41)23-26-8-12-30(13-9-26)38-35(45)39-31-5-3-4-28(22-31)32-25-43-15-14-37-33(43)34(40-32)44(20-21-46-2)24-27-6-10-29(36)11-7-27/h3-15,22,25H,16-21,23-24H2,1-2H3,(H2,38,39,45). The van der Waals surface area contributed by atoms with E-state index in [1.807, 2.05) is 77.5 Å². The molecule has 2 amide bonds. The van der Waals surface area contributed by atoms with Crippen LogP contribution in [0.25, 0.3) is 16.9 Å². The molecule has 0 unspecified atom stereocenters. The van der Waals surface area contributed by atoms with Gasteiger partial charge in [-0.2, -0.15) is 0 Å². The van der Waals surface area contributed by atoms with Crippen LogP contribution in [0.15, 0.2) is 91.4 Å². The zero-order valence-corrected chi connectivity index (χ0v) is 27.0. The summed E-state index contributed by atoms with van der Waals surface area (Å²) in [6.45, 7) is 7.00. The Kier molecular flexibility index (Phi) is 10.1. The molecular formula is C35H39ClN8O2. The van der Waals surface area contributed by atoms with Gasteiger partial charge >= 0.3 is 6.03 Å². The number of ether oxygens (including phenoxy) is 1. The van der Waals surface area contributed by atoms with E-state index >= 15 is 0 Å². The van der Waals surface area contributed by atoms with Crippen molar-refractivity contribution in [1.29, 1.82) is 0 Å². The lowest BCUT2D eigenvalue weighted by atomic mass is 10.1. The first-order valence-electron chi connectivity index (χ1n) is 15.4. The van der Waals surface area contributed by atoms with Crippen LogP contribution in [-0.4, -0.2) is 83.7 Å². The van der Waals surface area contributed by atoms with Crippen LogP contribution in [0.3, 0.4) is 0 Å². The molecule has 0 saturated carbocycles. The Morgan fingerprint density at radius 1 is 0.957 bits per heavy atom. The molecule has 10 nitrogen and oxygen atoms in total. The normalized spacial score (nSPS) is 14.0. The summed E-state index contributed by atoms with van der Waals surface area (Å²) >= 11 is 6.13. The minimum Gasteiger partial charge on any atom is -0.383 e. The van der Waals surface area contributed by atoms with Gasteiger partial charge in [0.25, 0.3) is 0 Å². The highest BCUT2D eigenvalue weighted by Gasteiger charge is 2.18. The van der Waals surface area contributed by atoms with Crippen LogP contribution < -0.4 is 15.5 Å². The average molecular weight is 639 g/mol. The molecule has 3 aromatic carbocycles. The zero-order chi connectivity index (χ0) is 31.9. The summed E-state index contributed by atoms with van der Waals surface area (Å²) in [6, 6.07) is 23.2. The van der Waals surface area contributed by atoms with Crippen molar-refractivity contribution in [3.05, 3.63) is 108 Å². The molecule has 3 heterocycles. The third-order valence-electron chi connectivity index (χ3n) is 8.14. The Labute approximate surface area is 274 Å². The Morgan fingerprint density at radius 3 is 2.46 bits per heavy atom. The molecule has 1 aliphatic rings. The molecule has 11 heteroatoms. The summed E-state index contributed by atoms with van der Waals surface area (Å²) in [5, 5.41) is 6.62. The number of urea groups is 1. The predicted molar refractivity (Wildman–Crippen MR) is 185 cm³/mol. The third-order valence-corrected chi connectivity index (χ3v) is 8.39. The quantitative estimate of drug-likeness (QED) is 0.181. The number of aromatic nitrogens is 3. The largest absolute Gasteiger partial charge is 0.383 e. The molecule has 2 N–H and O–H groups in total. The number of hydrogen-bond acceptors (Lipinski definition) is 7. The van der Waals surface area contributed by atoms with Gasteiger partial charge in [0.15, 0.2) is 11.5 Å². The first kappa shape index (κ1) is 31.5. The molecule has 1 fully saturated rings. The molecule has 0 bridgehead atoms. The zero-order valence-electron chi connectivity index (χ0n) is 26.2. The number of nitrogens with zero attached hydrogens (tertiary/aromatic N) is 6. The number of methoxy groups -OCH3 is 1. The van der Waals surface area contributed by atoms with Gasteiger partial charge in [-0.3, -0.25) is 4.90 Å². The predicted octanol–water partition coefficient (Wildman–Crippen LogP) is 6.09. The van der Waals surface area contributed by atoms with Crippen molar-refractivity contribution >= 4 is 40.5 Å². The lowest BCUT2D eigenvalue weighted by Gasteiger charge is -2.32. The minimum atomic E-state index is -0.309. The van der Waals surface area contributed by atoms with Crippen LogP contribution in [-0.2, 0) is 17.8 Å². The highest BCUT2D eigenvalue weighted by molar-refractivity contribution is 6.30. The van der Waals surface area contributed by atoms with Crippen molar-refractivity contribution in [2.75, 3.05) is 69.0 Å². The second-order valence-corrected chi connectivity index (χ2v) is 12.0. The van der Waals surface area contributed by atoms with Crippen molar-refractivity contribution in [3.8, 4) is 11.3 Å². The molecule has 1 saturated heterocycles. The fraction of sp³-hybridized carbons (Fsp3) is 0.286. The van der Waals surface area contributed by atoms with E-state index in [2.05, 4.69) is 49.5 Å². The van der Waals surface area contributed by atoms with Crippen molar-refractivity contribution in [2.24, 2.45) is 0 Å². The summed E-state index contributed by atoms with van der Waals surface area (Å²) in [6.07, 6.45) is 5.63. The lowest BCUT2D eigenvalue weighted by molar-refractivity contribution is 0.148. The highest BCUT2D eigenvalue weighted by atomic mass is 35.5. The Balaban J connectivity index is 1.16. The minimum absolute atomic E-state index is 0.309. The van der Waals surface area contributed by atoms with E-state index < -0.39 is 0 Å². The summed E-state index contributed by atoms with van der Waals surface area (Å²) in [5.74, 6) is 0.738. The Bertz CT molecular complexity index is 1750. The number of imidazole rings is 1. The fourth-order valence-electron chi connectivity index (χ4n) is 5.55. The van der Waals surface area contributed by atoms with Gasteiger partial charge in [-0.25, -0.2) is 14.8 Å². The summed E-state index contributed by atoms with van der Waals surface area (Å²) in [4.78, 5) is 29.6. The van der Waals surface area contributed by atoms with Crippen molar-refractivity contribution in [3.63, 3.8) is 0 Å². The van der Waals surface area contributed by atoms with E-state index in [9.17, 15) is 4.79 Å². The van der Waals surface area contributed by atoms with Crippen molar-refractivity contribution < 1.29 is 9.53 Å². The molecule has 5 aromatic rings. The second-order valence-electron chi connectivity index (χ2n) is 11.6. The van der Waals surface area contributed by atoms with Gasteiger partial charge < -0.3 is 29.6 Å². The van der Waals surface area contributed by atoms with Gasteiger partial charge in [-0.1, -0.05) is 48.0 Å². The number of nitrogens with one attached hydrogen (secondary N) is 2. The van der Waals surface area contributed by atoms with Crippen LogP contribution in [0, 0.1) is 0 Å². The highest BCUT2D eigenvalue weighted by Crippen LogP contribution is 2.28. The first-order valence-corrected chi connectivity index (χ1v) is 15.8. The van der Waals surface area contributed by atoms with Gasteiger partial charge in [0.05, 0.1) is 12.3 Å². The topological polar surface area (TPSA) is 90.3 Å². The van der Waals surface area contributed by atoms with Gasteiger partial charge in [-0.05, 0) is 54.6 Å².